The molecule has 0 N–H and O–H groups in total. The summed E-state index contributed by atoms with van der Waals surface area (Å²) in [4.78, 5) is 2.67. The molecule has 0 atom stereocenters. The van der Waals surface area contributed by atoms with Gasteiger partial charge in [0.2, 0.25) is 0 Å². The average Bonchev–Trinajstić information content (AvgIpc) is 4.03. The van der Waals surface area contributed by atoms with Crippen molar-refractivity contribution in [2.45, 2.75) is 27.7 Å². The standard InChI is InChI=1S/C46H30N2S6/c1-23-5-13-27(14-6-23)31-21-33-39(49-31)35-41(51-33)43-37(47(35)29-17-9-25(3)10-18-29)45-46(53-43)38-44(54-45)42-36(48(38)30-19-11-26(4)12-20-30)40-34(52-42)22-32(50-40)28-15-7-24(2)8-16-28/h5-22H,1-4H3. The normalized spacial score (nSPS) is 12.4. The fourth-order valence-electron chi connectivity index (χ4n) is 7.94. The van der Waals surface area contributed by atoms with Gasteiger partial charge in [-0.3, -0.25) is 0 Å². The van der Waals surface area contributed by atoms with Gasteiger partial charge in [0.25, 0.3) is 0 Å². The van der Waals surface area contributed by atoms with Crippen LogP contribution in [0.2, 0.25) is 0 Å². The molecule has 0 aliphatic heterocycles. The van der Waals surface area contributed by atoms with Crippen molar-refractivity contribution in [3.05, 3.63) is 131 Å². The van der Waals surface area contributed by atoms with Crippen molar-refractivity contribution in [2.75, 3.05) is 0 Å². The van der Waals surface area contributed by atoms with Gasteiger partial charge in [-0.2, -0.15) is 0 Å². The highest BCUT2D eigenvalue weighted by molar-refractivity contribution is 7.42. The Hall–Kier alpha value is -4.54. The third kappa shape index (κ3) is 4.47. The molecule has 0 saturated heterocycles. The van der Waals surface area contributed by atoms with E-state index in [0.717, 1.165) is 0 Å². The van der Waals surface area contributed by atoms with Crippen LogP contribution in [-0.2, 0) is 0 Å². The van der Waals surface area contributed by atoms with E-state index in [2.05, 4.69) is 146 Å². The summed E-state index contributed by atoms with van der Waals surface area (Å²) in [5.41, 5.74) is 15.6. The number of nitrogens with zero attached hydrogens (tertiary/aromatic N) is 2. The van der Waals surface area contributed by atoms with Crippen molar-refractivity contribution in [3.63, 3.8) is 0 Å². The number of fused-ring (bicyclic) bond motifs is 13. The number of benzene rings is 4. The predicted molar refractivity (Wildman–Crippen MR) is 245 cm³/mol. The van der Waals surface area contributed by atoms with Gasteiger partial charge < -0.3 is 9.13 Å². The molecule has 12 aromatic rings. The fraction of sp³-hybridized carbons (Fsp3) is 0.0870. The largest absolute Gasteiger partial charge is 0.305 e. The van der Waals surface area contributed by atoms with E-state index in [4.69, 9.17) is 0 Å². The molecular weight excluding hydrogens is 773 g/mol. The maximum absolute atomic E-state index is 2.60. The quantitative estimate of drug-likeness (QED) is 0.168. The minimum atomic E-state index is 1.23. The second-order valence-electron chi connectivity index (χ2n) is 14.5. The molecule has 4 aromatic carbocycles. The molecule has 0 fully saturated rings. The third-order valence-corrected chi connectivity index (χ3v) is 18.4. The van der Waals surface area contributed by atoms with E-state index >= 15 is 0 Å². The van der Waals surface area contributed by atoms with Crippen LogP contribution in [0.4, 0.5) is 0 Å². The van der Waals surface area contributed by atoms with Crippen LogP contribution in [0.25, 0.3) is 101 Å². The molecule has 0 radical (unpaired) electrons. The topological polar surface area (TPSA) is 9.86 Å². The number of rotatable bonds is 4. The summed E-state index contributed by atoms with van der Waals surface area (Å²) in [6.07, 6.45) is 0. The van der Waals surface area contributed by atoms with Gasteiger partial charge >= 0.3 is 0 Å². The van der Waals surface area contributed by atoms with Crippen LogP contribution in [0, 0.1) is 27.7 Å². The molecule has 0 saturated carbocycles. The van der Waals surface area contributed by atoms with Gasteiger partial charge in [0, 0.05) is 30.5 Å². The van der Waals surface area contributed by atoms with Crippen molar-refractivity contribution < 1.29 is 0 Å². The van der Waals surface area contributed by atoms with Crippen LogP contribution in [0.5, 0.6) is 0 Å². The maximum atomic E-state index is 2.60. The molecule has 8 aromatic heterocycles. The molecule has 2 nitrogen and oxygen atoms in total. The van der Waals surface area contributed by atoms with E-state index in [9.17, 15) is 0 Å². The van der Waals surface area contributed by atoms with Gasteiger partial charge in [0.05, 0.1) is 59.7 Å². The molecule has 8 heterocycles. The number of hydrogen-bond donors (Lipinski definition) is 0. The van der Waals surface area contributed by atoms with Crippen LogP contribution in [0.1, 0.15) is 22.3 Å². The molecule has 0 spiro atoms. The lowest BCUT2D eigenvalue weighted by Crippen LogP contribution is -1.93. The zero-order valence-electron chi connectivity index (χ0n) is 29.7. The smallest absolute Gasteiger partial charge is 0.0838 e. The van der Waals surface area contributed by atoms with E-state index in [1.807, 2.05) is 68.0 Å². The first-order chi connectivity index (χ1) is 26.4. The molecule has 260 valence electrons. The summed E-state index contributed by atoms with van der Waals surface area (Å²) < 4.78 is 19.1. The highest BCUT2D eigenvalue weighted by atomic mass is 32.1. The van der Waals surface area contributed by atoms with E-state index in [-0.39, 0.29) is 0 Å². The Labute approximate surface area is 335 Å². The van der Waals surface area contributed by atoms with Gasteiger partial charge in [-0.1, -0.05) is 95.1 Å². The molecule has 8 heteroatoms. The van der Waals surface area contributed by atoms with E-state index in [0.29, 0.717) is 0 Å². The Kier molecular flexibility index (Phi) is 6.76. The average molecular weight is 803 g/mol. The van der Waals surface area contributed by atoms with E-state index in [1.165, 1.54) is 124 Å². The Bertz CT molecular complexity index is 3200. The van der Waals surface area contributed by atoms with Crippen LogP contribution in [0.3, 0.4) is 0 Å². The molecular formula is C46H30N2S6. The summed E-state index contributed by atoms with van der Waals surface area (Å²) in [6.45, 7) is 8.68. The molecule has 54 heavy (non-hydrogen) atoms. The first-order valence-corrected chi connectivity index (χ1v) is 22.9. The highest BCUT2D eigenvalue weighted by Crippen LogP contribution is 2.57. The first-order valence-electron chi connectivity index (χ1n) is 18.0. The monoisotopic (exact) mass is 802 g/mol. The van der Waals surface area contributed by atoms with E-state index < -0.39 is 0 Å². The van der Waals surface area contributed by atoms with Crippen molar-refractivity contribution >= 4 is 137 Å². The van der Waals surface area contributed by atoms with Crippen molar-refractivity contribution in [1.29, 1.82) is 0 Å². The lowest BCUT2D eigenvalue weighted by molar-refractivity contribution is 1.19. The van der Waals surface area contributed by atoms with Gasteiger partial charge in [-0.25, -0.2) is 0 Å². The van der Waals surface area contributed by atoms with Crippen LogP contribution in [0.15, 0.2) is 109 Å². The summed E-state index contributed by atoms with van der Waals surface area (Å²) in [5, 5.41) is 0. The fourth-order valence-corrected chi connectivity index (χ4v) is 16.3. The van der Waals surface area contributed by atoms with Crippen LogP contribution in [-0.4, -0.2) is 9.13 Å². The second kappa shape index (κ2) is 11.5. The number of aryl methyl sites for hydroxylation is 4. The maximum Gasteiger partial charge on any atom is 0.0838 e. The number of thiophene rings is 6. The summed E-state index contributed by atoms with van der Waals surface area (Å²) >= 11 is 11.8. The van der Waals surface area contributed by atoms with Crippen molar-refractivity contribution in [3.8, 4) is 32.3 Å². The van der Waals surface area contributed by atoms with Gasteiger partial charge in [0.1, 0.15) is 0 Å². The number of hydrogen-bond acceptors (Lipinski definition) is 6. The Morgan fingerprint density at radius 2 is 0.611 bits per heavy atom. The molecule has 0 amide bonds. The highest BCUT2D eigenvalue weighted by Gasteiger charge is 2.29. The summed E-state index contributed by atoms with van der Waals surface area (Å²) in [6, 6.07) is 41.1. The van der Waals surface area contributed by atoms with Gasteiger partial charge in [0.15, 0.2) is 0 Å². The molecule has 0 aliphatic carbocycles. The lowest BCUT2D eigenvalue weighted by Gasteiger charge is -2.08. The van der Waals surface area contributed by atoms with Crippen LogP contribution >= 0.6 is 68.0 Å². The van der Waals surface area contributed by atoms with Crippen LogP contribution < -0.4 is 0 Å². The minimum Gasteiger partial charge on any atom is -0.305 e. The van der Waals surface area contributed by atoms with Gasteiger partial charge in [-0.15, -0.1) is 68.0 Å². The van der Waals surface area contributed by atoms with Gasteiger partial charge in [-0.05, 0) is 75.2 Å². The SMILES string of the molecule is Cc1ccc(-c2cc3sc4c5sc6c(sc7c8sc9cc(-c%10ccc(C)cc%10)sc9c8n(-c8ccc(C)cc8)c76)c5n(-c5ccc(C)cc5)c4c3s2)cc1. The predicted octanol–water partition coefficient (Wildman–Crippen LogP) is 16.3. The Balaban J connectivity index is 1.17. The third-order valence-electron chi connectivity index (χ3n) is 10.7. The second-order valence-corrected chi connectivity index (χ2v) is 20.7. The zero-order chi connectivity index (χ0) is 36.0. The summed E-state index contributed by atoms with van der Waals surface area (Å²) in [7, 11) is 0. The van der Waals surface area contributed by atoms with Crippen molar-refractivity contribution in [1.82, 2.24) is 9.13 Å². The summed E-state index contributed by atoms with van der Waals surface area (Å²) in [5.74, 6) is 0. The first kappa shape index (κ1) is 31.8. The molecule has 0 unspecified atom stereocenters. The molecule has 0 bridgehead atoms. The zero-order valence-corrected chi connectivity index (χ0v) is 34.6. The Morgan fingerprint density at radius 3 is 0.963 bits per heavy atom. The number of aromatic nitrogens is 2. The van der Waals surface area contributed by atoms with Crippen molar-refractivity contribution in [2.24, 2.45) is 0 Å². The Morgan fingerprint density at radius 1 is 0.315 bits per heavy atom. The minimum absolute atomic E-state index is 1.23. The molecule has 0 aliphatic rings. The lowest BCUT2D eigenvalue weighted by atomic mass is 10.1. The molecule has 12 rings (SSSR count). The van der Waals surface area contributed by atoms with E-state index in [1.54, 1.807) is 0 Å².